The fourth-order valence-corrected chi connectivity index (χ4v) is 2.55. The van der Waals surface area contributed by atoms with Gasteiger partial charge in [0.1, 0.15) is 0 Å². The molecule has 0 saturated carbocycles. The van der Waals surface area contributed by atoms with Gasteiger partial charge in [-0.3, -0.25) is 4.79 Å². The number of rotatable bonds is 4. The van der Waals surface area contributed by atoms with E-state index in [0.717, 1.165) is 5.56 Å². The number of likely N-dealkylation sites (N-methyl/N-ethyl adjacent to an activating group) is 1. The summed E-state index contributed by atoms with van der Waals surface area (Å²) < 4.78 is 0. The van der Waals surface area contributed by atoms with Gasteiger partial charge in [0, 0.05) is 17.5 Å². The number of halogens is 1. The van der Waals surface area contributed by atoms with Crippen molar-refractivity contribution < 1.29 is 4.79 Å². The highest BCUT2D eigenvalue weighted by molar-refractivity contribution is 7.13. The molecular formula is C14H16ClN3OS. The van der Waals surface area contributed by atoms with Gasteiger partial charge >= 0.3 is 0 Å². The Morgan fingerprint density at radius 1 is 1.45 bits per heavy atom. The molecule has 1 unspecified atom stereocenters. The molecule has 4 nitrogen and oxygen atoms in total. The third-order valence-electron chi connectivity index (χ3n) is 3.23. The van der Waals surface area contributed by atoms with Gasteiger partial charge in [-0.25, -0.2) is 4.98 Å². The number of nitrogens with zero attached hydrogens (tertiary/aromatic N) is 2. The van der Waals surface area contributed by atoms with Crippen LogP contribution in [0.1, 0.15) is 24.2 Å². The molecule has 20 heavy (non-hydrogen) atoms. The molecule has 1 heterocycles. The molecule has 0 saturated heterocycles. The number of nitrogen functional groups attached to an aromatic ring is 1. The van der Waals surface area contributed by atoms with Crippen LogP contribution in [-0.4, -0.2) is 22.8 Å². The Labute approximate surface area is 127 Å². The molecule has 6 heteroatoms. The summed E-state index contributed by atoms with van der Waals surface area (Å²) in [6, 6.07) is 7.49. The second kappa shape index (κ2) is 6.24. The van der Waals surface area contributed by atoms with Crippen LogP contribution in [0.15, 0.2) is 29.6 Å². The van der Waals surface area contributed by atoms with Crippen molar-refractivity contribution in [1.29, 1.82) is 0 Å². The zero-order valence-electron chi connectivity index (χ0n) is 11.3. The summed E-state index contributed by atoms with van der Waals surface area (Å²) in [4.78, 5) is 18.0. The molecule has 0 aliphatic carbocycles. The van der Waals surface area contributed by atoms with E-state index in [4.69, 9.17) is 17.3 Å². The van der Waals surface area contributed by atoms with Gasteiger partial charge in [-0.1, -0.05) is 23.7 Å². The van der Waals surface area contributed by atoms with Crippen molar-refractivity contribution in [2.45, 2.75) is 19.4 Å². The SMILES string of the molecule is CC(c1ccc(Cl)cc1)N(C)C(=O)Cc1csc(N)n1. The normalized spacial score (nSPS) is 12.2. The fourth-order valence-electron chi connectivity index (χ4n) is 1.86. The molecule has 2 rings (SSSR count). The zero-order chi connectivity index (χ0) is 14.7. The lowest BCUT2D eigenvalue weighted by Crippen LogP contribution is -2.31. The zero-order valence-corrected chi connectivity index (χ0v) is 12.9. The van der Waals surface area contributed by atoms with E-state index in [-0.39, 0.29) is 18.4 Å². The van der Waals surface area contributed by atoms with Gasteiger partial charge in [-0.2, -0.15) is 0 Å². The van der Waals surface area contributed by atoms with Crippen LogP contribution in [0.5, 0.6) is 0 Å². The van der Waals surface area contributed by atoms with Crippen LogP contribution in [0.2, 0.25) is 5.02 Å². The van der Waals surface area contributed by atoms with Crippen molar-refractivity contribution in [2.75, 3.05) is 12.8 Å². The van der Waals surface area contributed by atoms with Gasteiger partial charge in [-0.15, -0.1) is 11.3 Å². The number of carbonyl (C=O) groups excluding carboxylic acids is 1. The Morgan fingerprint density at radius 3 is 2.65 bits per heavy atom. The summed E-state index contributed by atoms with van der Waals surface area (Å²) in [5.74, 6) is 0.0118. The van der Waals surface area contributed by atoms with E-state index in [0.29, 0.717) is 15.8 Å². The van der Waals surface area contributed by atoms with Gasteiger partial charge in [0.15, 0.2) is 5.13 Å². The van der Waals surface area contributed by atoms with Crippen LogP contribution in [0.4, 0.5) is 5.13 Å². The van der Waals surface area contributed by atoms with Gasteiger partial charge in [0.25, 0.3) is 0 Å². The Kier molecular flexibility index (Phi) is 4.62. The number of thiazole rings is 1. The second-order valence-electron chi connectivity index (χ2n) is 4.59. The third-order valence-corrected chi connectivity index (χ3v) is 4.20. The highest BCUT2D eigenvalue weighted by Gasteiger charge is 2.18. The Bertz CT molecular complexity index is 597. The van der Waals surface area contributed by atoms with Crippen LogP contribution < -0.4 is 5.73 Å². The standard InChI is InChI=1S/C14H16ClN3OS/c1-9(10-3-5-11(15)6-4-10)18(2)13(19)7-12-8-20-14(16)17-12/h3-6,8-9H,7H2,1-2H3,(H2,16,17). The first-order valence-corrected chi connectivity index (χ1v) is 7.44. The molecule has 0 bridgehead atoms. The first-order valence-electron chi connectivity index (χ1n) is 6.18. The summed E-state index contributed by atoms with van der Waals surface area (Å²) in [5.41, 5.74) is 7.33. The van der Waals surface area contributed by atoms with Crippen LogP contribution in [0.3, 0.4) is 0 Å². The van der Waals surface area contributed by atoms with Gasteiger partial charge < -0.3 is 10.6 Å². The van der Waals surface area contributed by atoms with E-state index in [1.165, 1.54) is 11.3 Å². The van der Waals surface area contributed by atoms with E-state index in [1.54, 1.807) is 11.9 Å². The van der Waals surface area contributed by atoms with Crippen molar-refractivity contribution in [3.63, 3.8) is 0 Å². The third kappa shape index (κ3) is 3.49. The molecule has 0 aliphatic rings. The van der Waals surface area contributed by atoms with Crippen molar-refractivity contribution in [1.82, 2.24) is 9.88 Å². The number of amides is 1. The summed E-state index contributed by atoms with van der Waals surface area (Å²) in [6.45, 7) is 1.98. The lowest BCUT2D eigenvalue weighted by Gasteiger charge is -2.25. The Hall–Kier alpha value is -1.59. The van der Waals surface area contributed by atoms with E-state index in [9.17, 15) is 4.79 Å². The van der Waals surface area contributed by atoms with Crippen LogP contribution >= 0.6 is 22.9 Å². The minimum absolute atomic E-state index is 0.0118. The summed E-state index contributed by atoms with van der Waals surface area (Å²) in [6.07, 6.45) is 0.266. The highest BCUT2D eigenvalue weighted by atomic mass is 35.5. The molecule has 1 aromatic carbocycles. The van der Waals surface area contributed by atoms with E-state index in [2.05, 4.69) is 4.98 Å². The summed E-state index contributed by atoms with van der Waals surface area (Å²) >= 11 is 7.21. The minimum Gasteiger partial charge on any atom is -0.375 e. The van der Waals surface area contributed by atoms with Crippen molar-refractivity contribution >= 4 is 34.0 Å². The maximum atomic E-state index is 12.2. The molecule has 0 radical (unpaired) electrons. The molecule has 0 aliphatic heterocycles. The Morgan fingerprint density at radius 2 is 2.10 bits per heavy atom. The minimum atomic E-state index is -0.0178. The van der Waals surface area contributed by atoms with Crippen molar-refractivity contribution in [2.24, 2.45) is 0 Å². The Balaban J connectivity index is 2.04. The lowest BCUT2D eigenvalue weighted by atomic mass is 10.1. The number of nitrogens with two attached hydrogens (primary N) is 1. The average molecular weight is 310 g/mol. The number of benzene rings is 1. The number of carbonyl (C=O) groups is 1. The predicted octanol–water partition coefficient (Wildman–Crippen LogP) is 3.14. The quantitative estimate of drug-likeness (QED) is 0.944. The lowest BCUT2D eigenvalue weighted by molar-refractivity contribution is -0.131. The van der Waals surface area contributed by atoms with Gasteiger partial charge in [0.05, 0.1) is 18.2 Å². The number of anilines is 1. The first kappa shape index (κ1) is 14.8. The van der Waals surface area contributed by atoms with E-state index >= 15 is 0 Å². The average Bonchev–Trinajstić information content (AvgIpc) is 2.83. The second-order valence-corrected chi connectivity index (χ2v) is 5.91. The molecule has 1 aromatic heterocycles. The smallest absolute Gasteiger partial charge is 0.228 e. The maximum absolute atomic E-state index is 12.2. The van der Waals surface area contributed by atoms with Crippen LogP contribution in [-0.2, 0) is 11.2 Å². The molecule has 2 N–H and O–H groups in total. The van der Waals surface area contributed by atoms with Crippen LogP contribution in [0.25, 0.3) is 0 Å². The van der Waals surface area contributed by atoms with E-state index < -0.39 is 0 Å². The first-order chi connectivity index (χ1) is 9.47. The highest BCUT2D eigenvalue weighted by Crippen LogP contribution is 2.22. The number of hydrogen-bond donors (Lipinski definition) is 1. The van der Waals surface area contributed by atoms with Gasteiger partial charge in [0.2, 0.25) is 5.91 Å². The molecule has 106 valence electrons. The molecule has 0 fully saturated rings. The predicted molar refractivity (Wildman–Crippen MR) is 82.9 cm³/mol. The fraction of sp³-hybridized carbons (Fsp3) is 0.286. The molecule has 1 atom stereocenters. The maximum Gasteiger partial charge on any atom is 0.228 e. The molecule has 0 spiro atoms. The largest absolute Gasteiger partial charge is 0.375 e. The summed E-state index contributed by atoms with van der Waals surface area (Å²) in [5, 5.41) is 2.99. The van der Waals surface area contributed by atoms with Crippen LogP contribution in [0, 0.1) is 0 Å². The molecule has 1 amide bonds. The topological polar surface area (TPSA) is 59.2 Å². The summed E-state index contributed by atoms with van der Waals surface area (Å²) in [7, 11) is 1.79. The molecule has 2 aromatic rings. The van der Waals surface area contributed by atoms with Crippen molar-refractivity contribution in [3.05, 3.63) is 45.9 Å². The number of aromatic nitrogens is 1. The van der Waals surface area contributed by atoms with Crippen molar-refractivity contribution in [3.8, 4) is 0 Å². The number of hydrogen-bond acceptors (Lipinski definition) is 4. The van der Waals surface area contributed by atoms with E-state index in [1.807, 2.05) is 36.6 Å². The van der Waals surface area contributed by atoms with Gasteiger partial charge in [-0.05, 0) is 24.6 Å². The molecular weight excluding hydrogens is 294 g/mol. The monoisotopic (exact) mass is 309 g/mol.